The third-order valence-electron chi connectivity index (χ3n) is 8.83. The number of anilines is 2. The molecule has 40 heavy (non-hydrogen) atoms. The summed E-state index contributed by atoms with van der Waals surface area (Å²) in [5.74, 6) is 0.590. The van der Waals surface area contributed by atoms with Gasteiger partial charge in [0.2, 0.25) is 0 Å². The van der Waals surface area contributed by atoms with Gasteiger partial charge in [0.25, 0.3) is 0 Å². The van der Waals surface area contributed by atoms with Gasteiger partial charge in [0.05, 0.1) is 19.0 Å². The number of carbonyl (C=O) groups is 1. The molecule has 2 aromatic heterocycles. The van der Waals surface area contributed by atoms with Gasteiger partial charge in [0, 0.05) is 17.7 Å². The van der Waals surface area contributed by atoms with E-state index in [0.717, 1.165) is 12.0 Å². The van der Waals surface area contributed by atoms with Crippen LogP contribution in [0.15, 0.2) is 36.9 Å². The fraction of sp³-hybridized carbons (Fsp3) is 0.586. The van der Waals surface area contributed by atoms with E-state index in [1.54, 1.807) is 18.5 Å². The maximum absolute atomic E-state index is 11.0. The molecule has 11 heteroatoms. The Bertz CT molecular complexity index is 1330. The van der Waals surface area contributed by atoms with Crippen LogP contribution in [0.1, 0.15) is 64.5 Å². The van der Waals surface area contributed by atoms with Gasteiger partial charge in [-0.25, -0.2) is 15.0 Å². The molecule has 0 bridgehead atoms. The van der Waals surface area contributed by atoms with Gasteiger partial charge in [-0.15, -0.1) is 0 Å². The summed E-state index contributed by atoms with van der Waals surface area (Å²) in [6.07, 6.45) is 4.23. The number of rotatable bonds is 9. The minimum atomic E-state index is -2.06. The first-order valence-corrected chi connectivity index (χ1v) is 19.8. The molecule has 1 aliphatic rings. The Kier molecular flexibility index (Phi) is 8.46. The van der Waals surface area contributed by atoms with Gasteiger partial charge in [0.15, 0.2) is 33.6 Å². The highest BCUT2D eigenvalue weighted by molar-refractivity contribution is 6.74. The Hall–Kier alpha value is -2.45. The molecule has 9 nitrogen and oxygen atoms in total. The molecule has 0 amide bonds. The topological polar surface area (TPSA) is 100 Å². The van der Waals surface area contributed by atoms with E-state index in [-0.39, 0.29) is 28.5 Å². The summed E-state index contributed by atoms with van der Waals surface area (Å²) < 4.78 is 22.2. The second-order valence-electron chi connectivity index (χ2n) is 13.8. The van der Waals surface area contributed by atoms with Crippen LogP contribution in [0.3, 0.4) is 0 Å². The van der Waals surface area contributed by atoms with Gasteiger partial charge in [-0.05, 0) is 60.5 Å². The van der Waals surface area contributed by atoms with Crippen LogP contribution < -0.4 is 5.32 Å². The number of hydrogen-bond acceptors (Lipinski definition) is 8. The van der Waals surface area contributed by atoms with Gasteiger partial charge in [0.1, 0.15) is 24.9 Å². The molecule has 0 radical (unpaired) electrons. The largest absolute Gasteiger partial charge is 0.414 e. The fourth-order valence-electron chi connectivity index (χ4n) is 4.14. The number of carbonyl (C=O) groups excluding carboxylic acids is 1. The zero-order chi connectivity index (χ0) is 29.5. The number of hydrogen-bond donors (Lipinski definition) is 1. The molecule has 3 atom stereocenters. The van der Waals surface area contributed by atoms with Crippen molar-refractivity contribution >= 4 is 45.6 Å². The zero-order valence-electron chi connectivity index (χ0n) is 25.6. The summed E-state index contributed by atoms with van der Waals surface area (Å²) >= 11 is 0. The second-order valence-corrected chi connectivity index (χ2v) is 23.3. The highest BCUT2D eigenvalue weighted by Gasteiger charge is 2.46. The SMILES string of the molecule is CC(C)(C)[Si](C)(C)OCC1OC(n2cnc3c(Nc4ccc(C=O)cc4)ncnc32)CC1O[Si](C)(C)C(C)(C)C. The molecule has 0 spiro atoms. The van der Waals surface area contributed by atoms with Crippen LogP contribution in [0, 0.1) is 0 Å². The number of fused-ring (bicyclic) bond motifs is 1. The van der Waals surface area contributed by atoms with Crippen molar-refractivity contribution < 1.29 is 18.4 Å². The summed E-state index contributed by atoms with van der Waals surface area (Å²) in [6, 6.07) is 7.19. The maximum atomic E-state index is 11.0. The average Bonchev–Trinajstić information content (AvgIpc) is 3.46. The summed E-state index contributed by atoms with van der Waals surface area (Å²) in [4.78, 5) is 24.7. The number of nitrogens with zero attached hydrogens (tertiary/aromatic N) is 4. The molecule has 0 saturated carbocycles. The Morgan fingerprint density at radius 2 is 1.65 bits per heavy atom. The lowest BCUT2D eigenvalue weighted by atomic mass is 10.2. The van der Waals surface area contributed by atoms with E-state index in [1.807, 2.05) is 16.7 Å². The molecule has 1 aliphatic heterocycles. The second kappa shape index (κ2) is 11.1. The van der Waals surface area contributed by atoms with Crippen molar-refractivity contribution in [1.82, 2.24) is 19.5 Å². The van der Waals surface area contributed by atoms with Crippen molar-refractivity contribution in [3.05, 3.63) is 42.5 Å². The summed E-state index contributed by atoms with van der Waals surface area (Å²) in [6.45, 7) is 23.1. The molecule has 1 aromatic carbocycles. The van der Waals surface area contributed by atoms with Crippen molar-refractivity contribution in [2.45, 2.75) is 103 Å². The molecule has 4 rings (SSSR count). The summed E-state index contributed by atoms with van der Waals surface area (Å²) in [7, 11) is -4.03. The van der Waals surface area contributed by atoms with E-state index in [2.05, 4.69) is 88.0 Å². The molecule has 0 aliphatic carbocycles. The third kappa shape index (κ3) is 6.38. The summed E-state index contributed by atoms with van der Waals surface area (Å²) in [5, 5.41) is 3.49. The van der Waals surface area contributed by atoms with Crippen LogP contribution in [0.25, 0.3) is 11.2 Å². The van der Waals surface area contributed by atoms with E-state index >= 15 is 0 Å². The molecule has 1 N–H and O–H groups in total. The number of aromatic nitrogens is 4. The standard InChI is InChI=1S/C29H45N5O4Si2/c1-28(2,3)39(7,8)36-17-23-22(38-40(9,10)29(4,5)6)15-24(37-23)34-19-32-25-26(30-18-31-27(25)34)33-21-13-11-20(16-35)12-14-21/h11-14,16,18-19,22-24H,15,17H2,1-10H3,(H,30,31,33). The molecule has 1 saturated heterocycles. The van der Waals surface area contributed by atoms with Crippen molar-refractivity contribution in [2.75, 3.05) is 11.9 Å². The highest BCUT2D eigenvalue weighted by atomic mass is 28.4. The number of nitrogens with one attached hydrogen (secondary N) is 1. The van der Waals surface area contributed by atoms with Gasteiger partial charge >= 0.3 is 0 Å². The third-order valence-corrected chi connectivity index (χ3v) is 17.8. The molecular weight excluding hydrogens is 539 g/mol. The number of ether oxygens (including phenoxy) is 1. The van der Waals surface area contributed by atoms with Gasteiger partial charge < -0.3 is 18.9 Å². The lowest BCUT2D eigenvalue weighted by Gasteiger charge is -2.40. The normalized spacial score (nSPS) is 20.7. The van der Waals surface area contributed by atoms with Crippen LogP contribution >= 0.6 is 0 Å². The first kappa shape index (κ1) is 30.5. The minimum absolute atomic E-state index is 0.0787. The van der Waals surface area contributed by atoms with Crippen LogP contribution in [-0.4, -0.2) is 61.3 Å². The Morgan fingerprint density at radius 3 is 2.25 bits per heavy atom. The Balaban J connectivity index is 1.60. The highest BCUT2D eigenvalue weighted by Crippen LogP contribution is 2.43. The predicted octanol–water partition coefficient (Wildman–Crippen LogP) is 7.08. The van der Waals surface area contributed by atoms with Crippen LogP contribution in [0.2, 0.25) is 36.3 Å². The number of aldehydes is 1. The first-order valence-electron chi connectivity index (χ1n) is 14.0. The zero-order valence-corrected chi connectivity index (χ0v) is 27.6. The van der Waals surface area contributed by atoms with Crippen molar-refractivity contribution in [3.8, 4) is 0 Å². The van der Waals surface area contributed by atoms with E-state index in [0.29, 0.717) is 35.6 Å². The van der Waals surface area contributed by atoms with Gasteiger partial charge in [-0.2, -0.15) is 0 Å². The smallest absolute Gasteiger partial charge is 0.192 e. The maximum Gasteiger partial charge on any atom is 0.192 e. The van der Waals surface area contributed by atoms with Crippen molar-refractivity contribution in [2.24, 2.45) is 0 Å². The van der Waals surface area contributed by atoms with Crippen molar-refractivity contribution in [1.29, 1.82) is 0 Å². The van der Waals surface area contributed by atoms with E-state index < -0.39 is 16.6 Å². The van der Waals surface area contributed by atoms with E-state index in [4.69, 9.17) is 13.6 Å². The molecular formula is C29H45N5O4Si2. The molecule has 1 fully saturated rings. The Labute approximate surface area is 240 Å². The monoisotopic (exact) mass is 583 g/mol. The van der Waals surface area contributed by atoms with Crippen LogP contribution in [0.4, 0.5) is 11.5 Å². The lowest BCUT2D eigenvalue weighted by molar-refractivity contribution is -0.0383. The molecule has 218 valence electrons. The lowest BCUT2D eigenvalue weighted by Crippen LogP contribution is -2.48. The van der Waals surface area contributed by atoms with Crippen LogP contribution in [0.5, 0.6) is 0 Å². The first-order chi connectivity index (χ1) is 18.5. The number of imidazole rings is 1. The Morgan fingerprint density at radius 1 is 1.00 bits per heavy atom. The van der Waals surface area contributed by atoms with E-state index in [1.165, 1.54) is 6.33 Å². The molecule has 3 heterocycles. The van der Waals surface area contributed by atoms with Crippen molar-refractivity contribution in [3.63, 3.8) is 0 Å². The van der Waals surface area contributed by atoms with Crippen LogP contribution in [-0.2, 0) is 13.6 Å². The summed E-state index contributed by atoms with van der Waals surface area (Å²) in [5.41, 5.74) is 2.75. The van der Waals surface area contributed by atoms with Gasteiger partial charge in [-0.3, -0.25) is 9.36 Å². The minimum Gasteiger partial charge on any atom is -0.414 e. The van der Waals surface area contributed by atoms with E-state index in [9.17, 15) is 4.79 Å². The predicted molar refractivity (Wildman–Crippen MR) is 164 cm³/mol. The van der Waals surface area contributed by atoms with Gasteiger partial charge in [-0.1, -0.05) is 41.5 Å². The fourth-order valence-corrected chi connectivity index (χ4v) is 6.52. The molecule has 3 unspecified atom stereocenters. The average molecular weight is 584 g/mol. The quantitative estimate of drug-likeness (QED) is 0.211. The number of benzene rings is 1. The molecule has 3 aromatic rings.